The molecule has 1 aliphatic carbocycles. The van der Waals surface area contributed by atoms with Crippen molar-refractivity contribution in [3.63, 3.8) is 0 Å². The van der Waals surface area contributed by atoms with Gasteiger partial charge in [-0.05, 0) is 85.6 Å². The van der Waals surface area contributed by atoms with Crippen LogP contribution in [0.2, 0.25) is 0 Å². The van der Waals surface area contributed by atoms with E-state index in [-0.39, 0.29) is 5.82 Å². The maximum atomic E-state index is 13.5. The van der Waals surface area contributed by atoms with Crippen LogP contribution >= 0.6 is 0 Å². The number of H-pyrrole nitrogens is 2. The highest BCUT2D eigenvalue weighted by molar-refractivity contribution is 5.95. The molecule has 0 atom stereocenters. The minimum atomic E-state index is -0.250. The molecule has 4 nitrogen and oxygen atoms in total. The minimum Gasteiger partial charge on any atom is -0.340 e. The molecule has 37 heavy (non-hydrogen) atoms. The maximum absolute atomic E-state index is 13.5. The zero-order valence-electron chi connectivity index (χ0n) is 21.7. The molecule has 1 saturated carbocycles. The van der Waals surface area contributed by atoms with Crippen molar-refractivity contribution in [3.8, 4) is 11.5 Å². The fraction of sp³-hybridized carbons (Fsp3) is 0.250. The van der Waals surface area contributed by atoms with Crippen LogP contribution in [0, 0.1) is 11.7 Å². The molecule has 2 aromatic carbocycles. The first-order chi connectivity index (χ1) is 18.1. The summed E-state index contributed by atoms with van der Waals surface area (Å²) in [5.41, 5.74) is 9.16. The van der Waals surface area contributed by atoms with Crippen molar-refractivity contribution in [1.82, 2.24) is 20.2 Å². The van der Waals surface area contributed by atoms with Crippen molar-refractivity contribution >= 4 is 22.0 Å². The average Bonchev–Trinajstić information content (AvgIpc) is 3.50. The number of aromatic amines is 2. The molecule has 0 unspecified atom stereocenters. The van der Waals surface area contributed by atoms with Gasteiger partial charge in [0, 0.05) is 16.7 Å². The Morgan fingerprint density at radius 3 is 2.46 bits per heavy atom. The molecule has 0 bridgehead atoms. The van der Waals surface area contributed by atoms with Crippen LogP contribution < -0.4 is 0 Å². The van der Waals surface area contributed by atoms with Gasteiger partial charge in [-0.1, -0.05) is 62.4 Å². The SMILES string of the molecule is C=C/C(=C\C(=C/C)c1ccc2[nH]nc(-c3nc(/C(=C\C)c4ccc(F)cc4)c(CC)[nH]3)c2c1)C1CCC1. The van der Waals surface area contributed by atoms with Gasteiger partial charge in [-0.3, -0.25) is 5.10 Å². The van der Waals surface area contributed by atoms with Crippen LogP contribution in [0.5, 0.6) is 0 Å². The largest absolute Gasteiger partial charge is 0.340 e. The smallest absolute Gasteiger partial charge is 0.159 e. The van der Waals surface area contributed by atoms with Gasteiger partial charge in [0.15, 0.2) is 5.82 Å². The third-order valence-corrected chi connectivity index (χ3v) is 7.40. The second-order valence-electron chi connectivity index (χ2n) is 9.53. The van der Waals surface area contributed by atoms with Gasteiger partial charge in [-0.25, -0.2) is 9.37 Å². The Kier molecular flexibility index (Phi) is 7.04. The third kappa shape index (κ3) is 4.74. The van der Waals surface area contributed by atoms with Gasteiger partial charge in [0.1, 0.15) is 11.5 Å². The van der Waals surface area contributed by atoms with Gasteiger partial charge < -0.3 is 4.98 Å². The highest BCUT2D eigenvalue weighted by atomic mass is 19.1. The molecular formula is C32H33FN4. The summed E-state index contributed by atoms with van der Waals surface area (Å²) >= 11 is 0. The van der Waals surface area contributed by atoms with E-state index in [2.05, 4.69) is 66.0 Å². The standard InChI is InChI=1S/C32H33FN4/c1-5-20(22-10-9-11-22)18-21(6-2)24-14-17-29-27(19-24)31(37-36-29)32-34-28(8-4)30(35-32)26(7-3)23-12-15-25(33)16-13-23/h5-7,12-19,22H,1,8-11H2,2-4H3,(H,34,35)(H,36,37)/b20-18+,21-6+,26-7-. The Hall–Kier alpha value is -3.99. The zero-order valence-corrected chi connectivity index (χ0v) is 21.7. The molecule has 1 aliphatic rings. The Balaban J connectivity index is 1.55. The van der Waals surface area contributed by atoms with Crippen LogP contribution in [0.3, 0.4) is 0 Å². The van der Waals surface area contributed by atoms with Crippen LogP contribution in [0.1, 0.15) is 62.5 Å². The number of rotatable bonds is 8. The van der Waals surface area contributed by atoms with Crippen molar-refractivity contribution in [3.05, 3.63) is 107 Å². The number of aryl methyl sites for hydroxylation is 1. The van der Waals surface area contributed by atoms with Gasteiger partial charge in [0.05, 0.1) is 11.2 Å². The molecule has 2 N–H and O–H groups in total. The Morgan fingerprint density at radius 1 is 1.08 bits per heavy atom. The highest BCUT2D eigenvalue weighted by Gasteiger charge is 2.21. The summed E-state index contributed by atoms with van der Waals surface area (Å²) in [5, 5.41) is 8.82. The van der Waals surface area contributed by atoms with Gasteiger partial charge in [-0.2, -0.15) is 5.10 Å². The lowest BCUT2D eigenvalue weighted by Crippen LogP contribution is -2.12. The second kappa shape index (κ2) is 10.6. The number of nitrogens with zero attached hydrogens (tertiary/aromatic N) is 2. The second-order valence-corrected chi connectivity index (χ2v) is 9.53. The Labute approximate surface area is 217 Å². The normalized spacial score (nSPS) is 15.3. The van der Waals surface area contributed by atoms with E-state index in [1.165, 1.54) is 42.5 Å². The summed E-state index contributed by atoms with van der Waals surface area (Å²) in [4.78, 5) is 8.51. The first kappa shape index (κ1) is 24.7. The number of nitrogens with one attached hydrogen (secondary N) is 2. The lowest BCUT2D eigenvalue weighted by molar-refractivity contribution is 0.374. The number of allylic oxidation sites excluding steroid dienone is 6. The third-order valence-electron chi connectivity index (χ3n) is 7.40. The molecule has 0 amide bonds. The van der Waals surface area contributed by atoms with Gasteiger partial charge in [0.25, 0.3) is 0 Å². The summed E-state index contributed by atoms with van der Waals surface area (Å²) in [6, 6.07) is 13.0. The molecule has 0 aliphatic heterocycles. The maximum Gasteiger partial charge on any atom is 0.159 e. The molecule has 188 valence electrons. The van der Waals surface area contributed by atoms with Crippen molar-refractivity contribution in [2.24, 2.45) is 5.92 Å². The lowest BCUT2D eigenvalue weighted by Gasteiger charge is -2.27. The van der Waals surface area contributed by atoms with E-state index >= 15 is 0 Å². The van der Waals surface area contributed by atoms with Crippen LogP contribution in [-0.4, -0.2) is 20.2 Å². The zero-order chi connectivity index (χ0) is 25.9. The van der Waals surface area contributed by atoms with Crippen LogP contribution in [0.15, 0.2) is 78.9 Å². The number of hydrogen-bond acceptors (Lipinski definition) is 2. The molecular weight excluding hydrogens is 459 g/mol. The van der Waals surface area contributed by atoms with E-state index in [1.54, 1.807) is 12.1 Å². The number of imidazole rings is 1. The van der Waals surface area contributed by atoms with Crippen molar-refractivity contribution in [1.29, 1.82) is 0 Å². The summed E-state index contributed by atoms with van der Waals surface area (Å²) in [6.45, 7) is 10.2. The van der Waals surface area contributed by atoms with Crippen LogP contribution in [-0.2, 0) is 6.42 Å². The molecule has 0 spiro atoms. The van der Waals surface area contributed by atoms with E-state index in [0.29, 0.717) is 5.92 Å². The first-order valence-electron chi connectivity index (χ1n) is 13.1. The fourth-order valence-electron chi connectivity index (χ4n) is 5.04. The minimum absolute atomic E-state index is 0.250. The van der Waals surface area contributed by atoms with E-state index in [4.69, 9.17) is 4.98 Å². The molecule has 1 fully saturated rings. The van der Waals surface area contributed by atoms with E-state index < -0.39 is 0 Å². The number of benzene rings is 2. The van der Waals surface area contributed by atoms with Crippen molar-refractivity contribution in [2.75, 3.05) is 0 Å². The molecule has 0 saturated heterocycles. The molecule has 2 aromatic heterocycles. The summed E-state index contributed by atoms with van der Waals surface area (Å²) < 4.78 is 13.5. The molecule has 2 heterocycles. The molecule has 5 rings (SSSR count). The number of hydrogen-bond donors (Lipinski definition) is 2. The predicted molar refractivity (Wildman–Crippen MR) is 151 cm³/mol. The Morgan fingerprint density at radius 2 is 1.84 bits per heavy atom. The van der Waals surface area contributed by atoms with Crippen LogP contribution in [0.25, 0.3) is 33.6 Å². The van der Waals surface area contributed by atoms with Crippen molar-refractivity contribution in [2.45, 2.75) is 46.5 Å². The molecule has 5 heteroatoms. The van der Waals surface area contributed by atoms with Crippen molar-refractivity contribution < 1.29 is 4.39 Å². The monoisotopic (exact) mass is 492 g/mol. The van der Waals surface area contributed by atoms with Gasteiger partial charge in [-0.15, -0.1) is 0 Å². The quantitative estimate of drug-likeness (QED) is 0.243. The first-order valence-corrected chi connectivity index (χ1v) is 13.1. The predicted octanol–water partition coefficient (Wildman–Crippen LogP) is 8.42. The fourth-order valence-corrected chi connectivity index (χ4v) is 5.04. The lowest BCUT2D eigenvalue weighted by atomic mass is 9.78. The molecule has 4 aromatic rings. The van der Waals surface area contributed by atoms with E-state index in [9.17, 15) is 4.39 Å². The topological polar surface area (TPSA) is 57.4 Å². The summed E-state index contributed by atoms with van der Waals surface area (Å²) in [6.07, 6.45) is 13.0. The van der Waals surface area contributed by atoms with E-state index in [1.807, 2.05) is 19.1 Å². The van der Waals surface area contributed by atoms with Crippen LogP contribution in [0.4, 0.5) is 4.39 Å². The number of fused-ring (bicyclic) bond motifs is 1. The molecule has 0 radical (unpaired) electrons. The summed E-state index contributed by atoms with van der Waals surface area (Å²) in [7, 11) is 0. The average molecular weight is 493 g/mol. The summed E-state index contributed by atoms with van der Waals surface area (Å²) in [5.74, 6) is 1.09. The Bertz CT molecular complexity index is 1520. The highest BCUT2D eigenvalue weighted by Crippen LogP contribution is 2.36. The van der Waals surface area contributed by atoms with Gasteiger partial charge in [0.2, 0.25) is 0 Å². The number of aromatic nitrogens is 4. The van der Waals surface area contributed by atoms with E-state index in [0.717, 1.165) is 56.9 Å². The number of halogens is 1. The van der Waals surface area contributed by atoms with Gasteiger partial charge >= 0.3 is 0 Å².